The summed E-state index contributed by atoms with van der Waals surface area (Å²) in [6.07, 6.45) is -0.668. The first-order valence-electron chi connectivity index (χ1n) is 10.8. The number of hydrogen-bond donors (Lipinski definition) is 2. The quantitative estimate of drug-likeness (QED) is 0.611. The molecule has 0 bridgehead atoms. The highest BCUT2D eigenvalue weighted by Gasteiger charge is 2.42. The van der Waals surface area contributed by atoms with Gasteiger partial charge < -0.3 is 19.9 Å². The molecular weight excluding hydrogens is 429 g/mol. The van der Waals surface area contributed by atoms with Gasteiger partial charge in [-0.2, -0.15) is 13.2 Å². The molecule has 2 heterocycles. The molecule has 1 saturated carbocycles. The molecule has 1 aromatic carbocycles. The Kier molecular flexibility index (Phi) is 8.50. The number of carboxylic acid groups (broad SMARTS) is 1. The average molecular weight is 458 g/mol. The van der Waals surface area contributed by atoms with E-state index in [2.05, 4.69) is 22.3 Å². The van der Waals surface area contributed by atoms with Gasteiger partial charge in [0, 0.05) is 31.8 Å². The lowest BCUT2D eigenvalue weighted by atomic mass is 9.89. The van der Waals surface area contributed by atoms with Gasteiger partial charge in [0.1, 0.15) is 0 Å². The fraction of sp³-hybridized carbons (Fsp3) is 0.636. The van der Waals surface area contributed by atoms with Gasteiger partial charge in [-0.3, -0.25) is 9.69 Å². The summed E-state index contributed by atoms with van der Waals surface area (Å²) in [7, 11) is 0. The van der Waals surface area contributed by atoms with Crippen LogP contribution in [-0.4, -0.2) is 72.6 Å². The number of rotatable bonds is 7. The predicted octanol–water partition coefficient (Wildman–Crippen LogP) is 2.59. The summed E-state index contributed by atoms with van der Waals surface area (Å²) in [6.45, 7) is 3.84. The minimum atomic E-state index is -5.08. The third kappa shape index (κ3) is 7.46. The topological polar surface area (TPSA) is 88.1 Å². The molecule has 7 nitrogen and oxygen atoms in total. The molecule has 1 aliphatic carbocycles. The Morgan fingerprint density at radius 2 is 1.88 bits per heavy atom. The van der Waals surface area contributed by atoms with Gasteiger partial charge >= 0.3 is 12.1 Å². The third-order valence-corrected chi connectivity index (χ3v) is 5.79. The molecule has 1 amide bonds. The first kappa shape index (κ1) is 24.5. The molecular formula is C22H29F3N2O5. The predicted molar refractivity (Wildman–Crippen MR) is 109 cm³/mol. The molecule has 0 aromatic heterocycles. The largest absolute Gasteiger partial charge is 0.490 e. The van der Waals surface area contributed by atoms with Crippen molar-refractivity contribution < 1.29 is 37.3 Å². The van der Waals surface area contributed by atoms with Gasteiger partial charge in [-0.1, -0.05) is 30.3 Å². The normalized spacial score (nSPS) is 25.4. The van der Waals surface area contributed by atoms with Crippen molar-refractivity contribution in [3.05, 3.63) is 35.9 Å². The van der Waals surface area contributed by atoms with E-state index in [-0.39, 0.29) is 17.9 Å². The molecule has 2 saturated heterocycles. The Labute approximate surface area is 184 Å². The van der Waals surface area contributed by atoms with Crippen molar-refractivity contribution >= 4 is 11.9 Å². The van der Waals surface area contributed by atoms with E-state index in [0.717, 1.165) is 45.4 Å². The molecule has 3 fully saturated rings. The van der Waals surface area contributed by atoms with Crippen LogP contribution in [0.3, 0.4) is 0 Å². The number of halogens is 3. The SMILES string of the molecule is O=C(NC1CC1)[C@@H]1C[C@H]2OCC[C@H]2N(CCOCc2ccccc2)C1.O=C(O)C(F)(F)F. The lowest BCUT2D eigenvalue weighted by Crippen LogP contribution is -2.53. The van der Waals surface area contributed by atoms with Crippen molar-refractivity contribution in [2.24, 2.45) is 5.92 Å². The van der Waals surface area contributed by atoms with E-state index in [4.69, 9.17) is 19.4 Å². The zero-order valence-corrected chi connectivity index (χ0v) is 17.7. The summed E-state index contributed by atoms with van der Waals surface area (Å²) < 4.78 is 43.5. The zero-order chi connectivity index (χ0) is 23.1. The number of piperidine rings is 1. The maximum Gasteiger partial charge on any atom is 0.490 e. The van der Waals surface area contributed by atoms with E-state index in [1.165, 1.54) is 5.56 Å². The number of fused-ring (bicyclic) bond motifs is 1. The van der Waals surface area contributed by atoms with E-state index in [0.29, 0.717) is 25.3 Å². The molecule has 10 heteroatoms. The minimum absolute atomic E-state index is 0.0501. The molecule has 2 N–H and O–H groups in total. The fourth-order valence-corrected chi connectivity index (χ4v) is 3.99. The van der Waals surface area contributed by atoms with Crippen LogP contribution in [-0.2, 0) is 25.7 Å². The maximum absolute atomic E-state index is 12.5. The number of benzene rings is 1. The van der Waals surface area contributed by atoms with Gasteiger partial charge in [-0.05, 0) is 31.2 Å². The third-order valence-electron chi connectivity index (χ3n) is 5.79. The zero-order valence-electron chi connectivity index (χ0n) is 17.7. The Morgan fingerprint density at radius 3 is 2.50 bits per heavy atom. The van der Waals surface area contributed by atoms with E-state index in [9.17, 15) is 18.0 Å². The van der Waals surface area contributed by atoms with Gasteiger partial charge in [0.25, 0.3) is 0 Å². The first-order valence-corrected chi connectivity index (χ1v) is 10.8. The summed E-state index contributed by atoms with van der Waals surface area (Å²) >= 11 is 0. The number of aliphatic carboxylic acids is 1. The number of carboxylic acids is 1. The van der Waals surface area contributed by atoms with Crippen molar-refractivity contribution in [1.82, 2.24) is 10.2 Å². The van der Waals surface area contributed by atoms with Crippen LogP contribution in [0.25, 0.3) is 0 Å². The molecule has 1 aromatic rings. The van der Waals surface area contributed by atoms with Crippen LogP contribution in [0, 0.1) is 5.92 Å². The summed E-state index contributed by atoms with van der Waals surface area (Å²) in [6, 6.07) is 11.1. The van der Waals surface area contributed by atoms with E-state index < -0.39 is 12.1 Å². The van der Waals surface area contributed by atoms with Crippen molar-refractivity contribution in [2.45, 2.75) is 56.7 Å². The van der Waals surface area contributed by atoms with Crippen molar-refractivity contribution in [1.29, 1.82) is 0 Å². The summed E-state index contributed by atoms with van der Waals surface area (Å²) in [5.74, 6) is -2.49. The molecule has 2 aliphatic heterocycles. The van der Waals surface area contributed by atoms with Gasteiger partial charge in [0.15, 0.2) is 0 Å². The first-order chi connectivity index (χ1) is 15.2. The van der Waals surface area contributed by atoms with Gasteiger partial charge in [-0.15, -0.1) is 0 Å². The lowest BCUT2D eigenvalue weighted by Gasteiger charge is -2.40. The Hall–Kier alpha value is -2.17. The molecule has 0 unspecified atom stereocenters. The lowest BCUT2D eigenvalue weighted by molar-refractivity contribution is -0.192. The van der Waals surface area contributed by atoms with Crippen LogP contribution in [0.2, 0.25) is 0 Å². The standard InChI is InChI=1S/C20H28N2O3.C2HF3O2/c23-20(21-17-6-7-17)16-12-19-18(8-10-25-19)22(13-16)9-11-24-14-15-4-2-1-3-5-15;3-2(4,5)1(6)7/h1-5,16-19H,6-14H2,(H,21,23);(H,6,7)/t16-,18-,19-;/m1./s1. The van der Waals surface area contributed by atoms with Crippen molar-refractivity contribution in [2.75, 3.05) is 26.3 Å². The van der Waals surface area contributed by atoms with Crippen LogP contribution in [0.1, 0.15) is 31.2 Å². The highest BCUT2D eigenvalue weighted by Crippen LogP contribution is 2.32. The molecule has 0 spiro atoms. The second kappa shape index (κ2) is 11.1. The number of nitrogens with zero attached hydrogens (tertiary/aromatic N) is 1. The number of likely N-dealkylation sites (tertiary alicyclic amines) is 1. The van der Waals surface area contributed by atoms with Gasteiger partial charge in [-0.25, -0.2) is 4.79 Å². The van der Waals surface area contributed by atoms with Gasteiger partial charge in [0.05, 0.1) is 25.2 Å². The van der Waals surface area contributed by atoms with E-state index in [1.54, 1.807) is 0 Å². The van der Waals surface area contributed by atoms with Crippen LogP contribution in [0.15, 0.2) is 30.3 Å². The number of carbonyl (C=O) groups excluding carboxylic acids is 1. The Bertz CT molecular complexity index is 758. The van der Waals surface area contributed by atoms with Crippen molar-refractivity contribution in [3.8, 4) is 0 Å². The fourth-order valence-electron chi connectivity index (χ4n) is 3.99. The molecule has 3 aliphatic rings. The maximum atomic E-state index is 12.5. The summed E-state index contributed by atoms with van der Waals surface area (Å²) in [4.78, 5) is 23.8. The van der Waals surface area contributed by atoms with E-state index >= 15 is 0 Å². The number of amides is 1. The monoisotopic (exact) mass is 458 g/mol. The highest BCUT2D eigenvalue weighted by molar-refractivity contribution is 5.79. The van der Waals surface area contributed by atoms with Gasteiger partial charge in [0.2, 0.25) is 5.91 Å². The second-order valence-electron chi connectivity index (χ2n) is 8.32. The Morgan fingerprint density at radius 1 is 1.19 bits per heavy atom. The smallest absolute Gasteiger partial charge is 0.475 e. The minimum Gasteiger partial charge on any atom is -0.475 e. The number of ether oxygens (including phenoxy) is 2. The van der Waals surface area contributed by atoms with Crippen LogP contribution >= 0.6 is 0 Å². The summed E-state index contributed by atoms with van der Waals surface area (Å²) in [5.41, 5.74) is 1.20. The highest BCUT2D eigenvalue weighted by atomic mass is 19.4. The average Bonchev–Trinajstić information content (AvgIpc) is 3.43. The number of alkyl halides is 3. The molecule has 3 atom stereocenters. The molecule has 4 rings (SSSR count). The van der Waals surface area contributed by atoms with Crippen LogP contribution < -0.4 is 5.32 Å². The molecule has 32 heavy (non-hydrogen) atoms. The van der Waals surface area contributed by atoms with Crippen molar-refractivity contribution in [3.63, 3.8) is 0 Å². The number of carbonyl (C=O) groups is 2. The van der Waals surface area contributed by atoms with E-state index in [1.807, 2.05) is 18.2 Å². The van der Waals surface area contributed by atoms with Crippen LogP contribution in [0.4, 0.5) is 13.2 Å². The number of hydrogen-bond acceptors (Lipinski definition) is 5. The molecule has 0 radical (unpaired) electrons. The van der Waals surface area contributed by atoms with Crippen LogP contribution in [0.5, 0.6) is 0 Å². The summed E-state index contributed by atoms with van der Waals surface area (Å²) in [5, 5.41) is 10.3. The second-order valence-corrected chi connectivity index (χ2v) is 8.32. The number of nitrogens with one attached hydrogen (secondary N) is 1. The Balaban J connectivity index is 0.000000360. The molecule has 178 valence electrons.